The summed E-state index contributed by atoms with van der Waals surface area (Å²) in [6.07, 6.45) is 3.62. The van der Waals surface area contributed by atoms with E-state index >= 15 is 4.39 Å². The number of likely N-dealkylation sites (tertiary alicyclic amines) is 1. The zero-order valence-electron chi connectivity index (χ0n) is 23.8. The number of nitriles is 2. The van der Waals surface area contributed by atoms with Crippen LogP contribution in [0.5, 0.6) is 0 Å². The lowest BCUT2D eigenvalue weighted by Gasteiger charge is -2.32. The Kier molecular flexibility index (Phi) is 8.72. The maximum Gasteiger partial charge on any atom is 0.322 e. The molecular formula is C33H33FN6O3. The van der Waals surface area contributed by atoms with E-state index in [9.17, 15) is 14.9 Å². The largest absolute Gasteiger partial charge is 0.380 e. The number of urea groups is 1. The van der Waals surface area contributed by atoms with Crippen molar-refractivity contribution < 1.29 is 18.7 Å². The van der Waals surface area contributed by atoms with Gasteiger partial charge < -0.3 is 26.0 Å². The smallest absolute Gasteiger partial charge is 0.322 e. The van der Waals surface area contributed by atoms with E-state index in [0.29, 0.717) is 34.7 Å². The SMILES string of the molecule is COC1CC(C(=O)Nc2cc(C(N)(CCC3CC3)c3cccc(C#N)c3)ccc2F)N(C(=O)Nc2ccc(C#N)cc2)C1. The number of nitrogens with zero attached hydrogens (tertiary/aromatic N) is 3. The van der Waals surface area contributed by atoms with Gasteiger partial charge in [-0.15, -0.1) is 0 Å². The van der Waals surface area contributed by atoms with Crippen molar-refractivity contribution in [2.24, 2.45) is 11.7 Å². The van der Waals surface area contributed by atoms with Crippen LogP contribution >= 0.6 is 0 Å². The molecule has 10 heteroatoms. The molecule has 4 N–H and O–H groups in total. The lowest BCUT2D eigenvalue weighted by molar-refractivity contribution is -0.119. The van der Waals surface area contributed by atoms with E-state index in [4.69, 9.17) is 15.7 Å². The maximum atomic E-state index is 15.2. The fourth-order valence-corrected chi connectivity index (χ4v) is 5.54. The average Bonchev–Trinajstić information content (AvgIpc) is 3.76. The second-order valence-electron chi connectivity index (χ2n) is 11.2. The number of anilines is 2. The highest BCUT2D eigenvalue weighted by atomic mass is 19.1. The van der Waals surface area contributed by atoms with Crippen molar-refractivity contribution in [1.82, 2.24) is 4.90 Å². The molecule has 1 saturated heterocycles. The number of nitrogens with two attached hydrogens (primary N) is 1. The van der Waals surface area contributed by atoms with E-state index in [2.05, 4.69) is 16.7 Å². The number of hydrogen-bond acceptors (Lipinski definition) is 6. The summed E-state index contributed by atoms with van der Waals surface area (Å²) in [5.41, 5.74) is 8.74. The van der Waals surface area contributed by atoms with Crippen molar-refractivity contribution in [3.63, 3.8) is 0 Å². The summed E-state index contributed by atoms with van der Waals surface area (Å²) in [7, 11) is 1.51. The summed E-state index contributed by atoms with van der Waals surface area (Å²) in [5, 5.41) is 23.9. The number of hydrogen-bond donors (Lipinski definition) is 3. The van der Waals surface area contributed by atoms with E-state index in [1.807, 2.05) is 12.1 Å². The van der Waals surface area contributed by atoms with Crippen LogP contribution in [0.2, 0.25) is 0 Å². The molecule has 1 aliphatic carbocycles. The van der Waals surface area contributed by atoms with Crippen LogP contribution in [0, 0.1) is 34.4 Å². The molecule has 2 fully saturated rings. The Balaban J connectivity index is 1.39. The average molecular weight is 581 g/mol. The quantitative estimate of drug-likeness (QED) is 0.317. The van der Waals surface area contributed by atoms with Crippen molar-refractivity contribution >= 4 is 23.3 Å². The zero-order valence-corrected chi connectivity index (χ0v) is 23.8. The van der Waals surface area contributed by atoms with Crippen molar-refractivity contribution in [1.29, 1.82) is 10.5 Å². The number of benzene rings is 3. The molecule has 1 heterocycles. The van der Waals surface area contributed by atoms with E-state index < -0.39 is 29.3 Å². The molecule has 5 rings (SSSR count). The van der Waals surface area contributed by atoms with Gasteiger partial charge in [-0.1, -0.05) is 31.0 Å². The van der Waals surface area contributed by atoms with Gasteiger partial charge in [0.25, 0.3) is 0 Å². The first kappa shape index (κ1) is 29.7. The lowest BCUT2D eigenvalue weighted by Crippen LogP contribution is -2.45. The fourth-order valence-electron chi connectivity index (χ4n) is 5.54. The van der Waals surface area contributed by atoms with Crippen LogP contribution < -0.4 is 16.4 Å². The van der Waals surface area contributed by atoms with Gasteiger partial charge in [0, 0.05) is 25.8 Å². The Hall–Kier alpha value is -4.77. The summed E-state index contributed by atoms with van der Waals surface area (Å²) in [5.74, 6) is -0.598. The molecule has 3 atom stereocenters. The summed E-state index contributed by atoms with van der Waals surface area (Å²) in [6.45, 7) is 0.168. The van der Waals surface area contributed by atoms with Crippen LogP contribution in [0.1, 0.15) is 54.4 Å². The monoisotopic (exact) mass is 580 g/mol. The van der Waals surface area contributed by atoms with Crippen LogP contribution in [0.4, 0.5) is 20.6 Å². The van der Waals surface area contributed by atoms with Gasteiger partial charge in [0.2, 0.25) is 5.91 Å². The minimum absolute atomic E-state index is 0.0477. The minimum atomic E-state index is -1.01. The number of nitrogens with one attached hydrogen (secondary N) is 2. The molecule has 3 unspecified atom stereocenters. The second kappa shape index (κ2) is 12.6. The van der Waals surface area contributed by atoms with Gasteiger partial charge in [-0.2, -0.15) is 10.5 Å². The molecule has 1 saturated carbocycles. The number of carbonyl (C=O) groups excluding carboxylic acids is 2. The first-order valence-corrected chi connectivity index (χ1v) is 14.2. The van der Waals surface area contributed by atoms with E-state index in [0.717, 1.165) is 24.8 Å². The van der Waals surface area contributed by atoms with E-state index in [1.54, 1.807) is 54.6 Å². The van der Waals surface area contributed by atoms with Gasteiger partial charge in [-0.25, -0.2) is 9.18 Å². The molecule has 220 valence electrons. The van der Waals surface area contributed by atoms with Gasteiger partial charge in [-0.05, 0) is 78.4 Å². The van der Waals surface area contributed by atoms with E-state index in [1.165, 1.54) is 18.1 Å². The molecule has 43 heavy (non-hydrogen) atoms. The fraction of sp³-hybridized carbons (Fsp3) is 0.333. The number of amides is 3. The number of halogens is 1. The van der Waals surface area contributed by atoms with Crippen molar-refractivity contribution in [2.75, 3.05) is 24.3 Å². The van der Waals surface area contributed by atoms with Crippen molar-refractivity contribution in [3.8, 4) is 12.1 Å². The number of ether oxygens (including phenoxy) is 1. The topological polar surface area (TPSA) is 144 Å². The summed E-state index contributed by atoms with van der Waals surface area (Å²) in [6, 6.07) is 20.6. The normalized spacial score (nSPS) is 19.1. The molecular weight excluding hydrogens is 547 g/mol. The van der Waals surface area contributed by atoms with Gasteiger partial charge in [0.1, 0.15) is 11.9 Å². The molecule has 0 bridgehead atoms. The first-order chi connectivity index (χ1) is 20.7. The van der Waals surface area contributed by atoms with Crippen LogP contribution in [0.25, 0.3) is 0 Å². The van der Waals surface area contributed by atoms with Crippen LogP contribution in [0.15, 0.2) is 66.7 Å². The summed E-state index contributed by atoms with van der Waals surface area (Å²) < 4.78 is 20.6. The Morgan fingerprint density at radius 1 is 1.02 bits per heavy atom. The molecule has 3 aromatic carbocycles. The molecule has 2 aliphatic rings. The van der Waals surface area contributed by atoms with Gasteiger partial charge in [-0.3, -0.25) is 4.79 Å². The first-order valence-electron chi connectivity index (χ1n) is 14.2. The van der Waals surface area contributed by atoms with Crippen LogP contribution in [-0.2, 0) is 15.1 Å². The second-order valence-corrected chi connectivity index (χ2v) is 11.2. The maximum absolute atomic E-state index is 15.2. The predicted octanol–water partition coefficient (Wildman–Crippen LogP) is 5.22. The molecule has 0 spiro atoms. The number of carbonyl (C=O) groups is 2. The Labute approximate surface area is 250 Å². The molecule has 1 aliphatic heterocycles. The molecule has 3 aromatic rings. The molecule has 9 nitrogen and oxygen atoms in total. The zero-order chi connectivity index (χ0) is 30.6. The third-order valence-corrected chi connectivity index (χ3v) is 8.31. The molecule has 3 amide bonds. The van der Waals surface area contributed by atoms with Gasteiger partial charge in [0.15, 0.2) is 0 Å². The summed E-state index contributed by atoms with van der Waals surface area (Å²) in [4.78, 5) is 28.1. The number of rotatable bonds is 9. The highest BCUT2D eigenvalue weighted by Gasteiger charge is 2.40. The number of methoxy groups -OCH3 is 1. The summed E-state index contributed by atoms with van der Waals surface area (Å²) >= 11 is 0. The lowest BCUT2D eigenvalue weighted by atomic mass is 9.79. The molecule has 0 radical (unpaired) electrons. The third kappa shape index (κ3) is 6.67. The van der Waals surface area contributed by atoms with Crippen LogP contribution in [-0.4, -0.2) is 42.6 Å². The van der Waals surface area contributed by atoms with Crippen molar-refractivity contribution in [3.05, 3.63) is 94.8 Å². The Morgan fingerprint density at radius 2 is 1.74 bits per heavy atom. The van der Waals surface area contributed by atoms with E-state index in [-0.39, 0.29) is 24.8 Å². The standard InChI is InChI=1S/C33H33FN6O3/c1-43-27-17-30(40(20-27)32(42)38-26-10-7-22(18-35)8-11-26)31(41)39-29-16-25(9-12-28(29)34)33(37,14-13-21-5-6-21)24-4-2-3-23(15-24)19-36/h2-4,7-12,15-16,21,27,30H,5-6,13-14,17,20,37H2,1H3,(H,38,42)(H,39,41). The Bertz CT molecular complexity index is 1590. The minimum Gasteiger partial charge on any atom is -0.380 e. The Morgan fingerprint density at radius 3 is 2.42 bits per heavy atom. The van der Waals surface area contributed by atoms with Crippen molar-refractivity contribution in [2.45, 2.75) is 49.8 Å². The predicted molar refractivity (Wildman–Crippen MR) is 159 cm³/mol. The molecule has 0 aromatic heterocycles. The highest BCUT2D eigenvalue weighted by molar-refractivity contribution is 6.00. The van der Waals surface area contributed by atoms with Crippen LogP contribution in [0.3, 0.4) is 0 Å². The highest BCUT2D eigenvalue weighted by Crippen LogP contribution is 2.40. The van der Waals surface area contributed by atoms with Gasteiger partial charge >= 0.3 is 6.03 Å². The third-order valence-electron chi connectivity index (χ3n) is 8.31. The van der Waals surface area contributed by atoms with Gasteiger partial charge in [0.05, 0.1) is 40.6 Å².